The Morgan fingerprint density at radius 2 is 1.63 bits per heavy atom. The zero-order valence-electron chi connectivity index (χ0n) is 12.3. The molecule has 0 atom stereocenters. The van der Waals surface area contributed by atoms with E-state index >= 15 is 0 Å². The lowest BCUT2D eigenvalue weighted by atomic mass is 9.83. The fourth-order valence-electron chi connectivity index (χ4n) is 2.47. The highest BCUT2D eigenvalue weighted by Crippen LogP contribution is 2.26. The molecule has 0 aromatic rings. The second-order valence-corrected chi connectivity index (χ2v) is 6.39. The van der Waals surface area contributed by atoms with Crippen LogP contribution in [0.2, 0.25) is 0 Å². The van der Waals surface area contributed by atoms with Gasteiger partial charge in [-0.25, -0.2) is 4.79 Å². The largest absolute Gasteiger partial charge is 0.444 e. The van der Waals surface area contributed by atoms with Gasteiger partial charge in [-0.05, 0) is 33.6 Å². The maximum absolute atomic E-state index is 11.9. The quantitative estimate of drug-likeness (QED) is 0.532. The van der Waals surface area contributed by atoms with Crippen LogP contribution in [0.5, 0.6) is 0 Å². The first-order chi connectivity index (χ1) is 8.75. The Kier molecular flexibility index (Phi) is 5.20. The third kappa shape index (κ3) is 5.09. The highest BCUT2D eigenvalue weighted by Gasteiger charge is 2.36. The fourth-order valence-corrected chi connectivity index (χ4v) is 2.47. The molecule has 5 nitrogen and oxygen atoms in total. The summed E-state index contributed by atoms with van der Waals surface area (Å²) in [5, 5.41) is 10.7. The molecule has 4 N–H and O–H groups in total. The Morgan fingerprint density at radius 1 is 1.16 bits per heavy atom. The number of carbonyl (C=O) groups excluding carboxylic acids is 1. The van der Waals surface area contributed by atoms with E-state index in [1.165, 1.54) is 6.42 Å². The van der Waals surface area contributed by atoms with Gasteiger partial charge < -0.3 is 15.8 Å². The third-order valence-electron chi connectivity index (χ3n) is 3.46. The Hall–Kier alpha value is -1.26. The number of nitrogens with two attached hydrogens (primary N) is 1. The summed E-state index contributed by atoms with van der Waals surface area (Å²) in [6.45, 7) is 5.47. The number of alkyl carbamates (subject to hydrolysis) is 1. The molecule has 1 saturated carbocycles. The summed E-state index contributed by atoms with van der Waals surface area (Å²) in [6.07, 6.45) is 6.41. The lowest BCUT2D eigenvalue weighted by molar-refractivity contribution is 0.0472. The predicted molar refractivity (Wildman–Crippen MR) is 76.3 cm³/mol. The molecule has 1 rings (SSSR count). The molecule has 1 amide bonds. The topological polar surface area (TPSA) is 88.2 Å². The molecule has 0 spiro atoms. The highest BCUT2D eigenvalue weighted by molar-refractivity contribution is 5.90. The summed E-state index contributed by atoms with van der Waals surface area (Å²) >= 11 is 0. The zero-order valence-corrected chi connectivity index (χ0v) is 12.3. The molecule has 0 aromatic carbocycles. The van der Waals surface area contributed by atoms with Crippen LogP contribution in [0.25, 0.3) is 0 Å². The molecular formula is C14H27N3O2. The van der Waals surface area contributed by atoms with Crippen LogP contribution in [0.4, 0.5) is 4.79 Å². The van der Waals surface area contributed by atoms with Gasteiger partial charge in [0.15, 0.2) is 0 Å². The van der Waals surface area contributed by atoms with Gasteiger partial charge in [0.05, 0.1) is 5.54 Å². The number of ether oxygens (including phenoxy) is 1. The Morgan fingerprint density at radius 3 is 2.05 bits per heavy atom. The van der Waals surface area contributed by atoms with E-state index in [9.17, 15) is 4.79 Å². The lowest BCUT2D eigenvalue weighted by Gasteiger charge is -2.35. The summed E-state index contributed by atoms with van der Waals surface area (Å²) in [7, 11) is 0. The Labute approximate surface area is 115 Å². The van der Waals surface area contributed by atoms with Gasteiger partial charge in [0, 0.05) is 0 Å². The van der Waals surface area contributed by atoms with E-state index in [1.807, 2.05) is 20.8 Å². The number of hydrogen-bond acceptors (Lipinski definition) is 3. The van der Waals surface area contributed by atoms with Crippen LogP contribution in [0, 0.1) is 5.41 Å². The van der Waals surface area contributed by atoms with E-state index in [0.29, 0.717) is 0 Å². The monoisotopic (exact) mass is 269 g/mol. The summed E-state index contributed by atoms with van der Waals surface area (Å²) in [6, 6.07) is 0. The van der Waals surface area contributed by atoms with Crippen molar-refractivity contribution in [2.24, 2.45) is 5.73 Å². The predicted octanol–water partition coefficient (Wildman–Crippen LogP) is 2.93. The average Bonchev–Trinajstić information content (AvgIpc) is 2.18. The number of hydrogen-bond donors (Lipinski definition) is 3. The summed E-state index contributed by atoms with van der Waals surface area (Å²) in [5.41, 5.74) is 4.49. The van der Waals surface area contributed by atoms with E-state index in [2.05, 4.69) is 5.32 Å². The number of rotatable bonds is 2. The van der Waals surface area contributed by atoms with Gasteiger partial charge in [0.2, 0.25) is 0 Å². The van der Waals surface area contributed by atoms with Crippen molar-refractivity contribution in [3.63, 3.8) is 0 Å². The van der Waals surface area contributed by atoms with E-state index < -0.39 is 17.2 Å². The molecule has 0 aromatic heterocycles. The normalized spacial score (nSPS) is 19.9. The van der Waals surface area contributed by atoms with E-state index in [1.54, 1.807) is 0 Å². The summed E-state index contributed by atoms with van der Waals surface area (Å²) in [5.74, 6) is 0.0419. The summed E-state index contributed by atoms with van der Waals surface area (Å²) in [4.78, 5) is 11.9. The van der Waals surface area contributed by atoms with Crippen molar-refractivity contribution in [3.8, 4) is 0 Å². The number of carbonyl (C=O) groups is 1. The van der Waals surface area contributed by atoms with Crippen molar-refractivity contribution in [2.75, 3.05) is 0 Å². The van der Waals surface area contributed by atoms with Gasteiger partial charge >= 0.3 is 6.09 Å². The molecule has 0 radical (unpaired) electrons. The minimum Gasteiger partial charge on any atom is -0.444 e. The molecule has 0 saturated heterocycles. The minimum atomic E-state index is -0.719. The molecule has 0 heterocycles. The van der Waals surface area contributed by atoms with Crippen molar-refractivity contribution in [1.29, 1.82) is 5.41 Å². The second-order valence-electron chi connectivity index (χ2n) is 6.39. The Bertz CT molecular complexity index is 326. The van der Waals surface area contributed by atoms with Crippen LogP contribution in [-0.4, -0.2) is 23.1 Å². The fraction of sp³-hybridized carbons (Fsp3) is 0.857. The molecule has 5 heteroatoms. The van der Waals surface area contributed by atoms with Gasteiger partial charge in [-0.3, -0.25) is 5.41 Å². The summed E-state index contributed by atoms with van der Waals surface area (Å²) < 4.78 is 5.29. The van der Waals surface area contributed by atoms with Crippen LogP contribution >= 0.6 is 0 Å². The number of nitrogens with one attached hydrogen (secondary N) is 2. The smallest absolute Gasteiger partial charge is 0.408 e. The molecule has 1 aliphatic carbocycles. The van der Waals surface area contributed by atoms with Crippen LogP contribution in [0.3, 0.4) is 0 Å². The van der Waals surface area contributed by atoms with Crippen LogP contribution in [0.15, 0.2) is 0 Å². The Balaban J connectivity index is 2.74. The molecule has 0 bridgehead atoms. The van der Waals surface area contributed by atoms with Gasteiger partial charge in [0.25, 0.3) is 0 Å². The molecular weight excluding hydrogens is 242 g/mol. The van der Waals surface area contributed by atoms with Gasteiger partial charge in [-0.2, -0.15) is 0 Å². The molecule has 1 fully saturated rings. The van der Waals surface area contributed by atoms with Crippen molar-refractivity contribution >= 4 is 11.9 Å². The highest BCUT2D eigenvalue weighted by atomic mass is 16.6. The van der Waals surface area contributed by atoms with Gasteiger partial charge in [-0.15, -0.1) is 0 Å². The SMILES string of the molecule is CC(C)(C)OC(=O)NC1(C(=N)N)CCCCCCC1. The maximum Gasteiger partial charge on any atom is 0.408 e. The zero-order chi connectivity index (χ0) is 14.5. The first-order valence-electron chi connectivity index (χ1n) is 7.11. The van der Waals surface area contributed by atoms with Crippen molar-refractivity contribution in [3.05, 3.63) is 0 Å². The van der Waals surface area contributed by atoms with Crippen LogP contribution < -0.4 is 11.1 Å². The maximum atomic E-state index is 11.9. The van der Waals surface area contributed by atoms with Crippen molar-refractivity contribution in [2.45, 2.75) is 76.9 Å². The molecule has 0 unspecified atom stereocenters. The first kappa shape index (κ1) is 15.8. The van der Waals surface area contributed by atoms with E-state index in [-0.39, 0.29) is 5.84 Å². The molecule has 0 aliphatic heterocycles. The van der Waals surface area contributed by atoms with Gasteiger partial charge in [0.1, 0.15) is 11.4 Å². The second kappa shape index (κ2) is 6.26. The lowest BCUT2D eigenvalue weighted by Crippen LogP contribution is -2.58. The minimum absolute atomic E-state index is 0.0419. The van der Waals surface area contributed by atoms with Crippen molar-refractivity contribution in [1.82, 2.24) is 5.32 Å². The number of amidine groups is 1. The van der Waals surface area contributed by atoms with Crippen LogP contribution in [-0.2, 0) is 4.74 Å². The standard InChI is InChI=1S/C14H27N3O2/c1-13(2,3)19-12(18)17-14(11(15)16)9-7-5-4-6-8-10-14/h4-10H2,1-3H3,(H3,15,16)(H,17,18). The van der Waals surface area contributed by atoms with E-state index in [0.717, 1.165) is 38.5 Å². The number of amides is 1. The average molecular weight is 269 g/mol. The van der Waals surface area contributed by atoms with Gasteiger partial charge in [-0.1, -0.05) is 32.1 Å². The van der Waals surface area contributed by atoms with Crippen molar-refractivity contribution < 1.29 is 9.53 Å². The van der Waals surface area contributed by atoms with Crippen LogP contribution in [0.1, 0.15) is 65.7 Å². The molecule has 110 valence electrons. The van der Waals surface area contributed by atoms with E-state index in [4.69, 9.17) is 15.9 Å². The first-order valence-corrected chi connectivity index (χ1v) is 7.11. The molecule has 19 heavy (non-hydrogen) atoms. The molecule has 1 aliphatic rings. The third-order valence-corrected chi connectivity index (χ3v) is 3.46.